The maximum atomic E-state index is 11.9. The van der Waals surface area contributed by atoms with E-state index in [1.54, 1.807) is 12.3 Å². The van der Waals surface area contributed by atoms with Crippen LogP contribution in [0.25, 0.3) is 16.8 Å². The van der Waals surface area contributed by atoms with Crippen LogP contribution in [0.4, 0.5) is 0 Å². The molecule has 0 spiro atoms. The highest BCUT2D eigenvalue weighted by molar-refractivity contribution is 7.13. The highest BCUT2D eigenvalue weighted by Gasteiger charge is 2.10. The van der Waals surface area contributed by atoms with Gasteiger partial charge in [0.15, 0.2) is 6.61 Å². The molecule has 0 saturated carbocycles. The van der Waals surface area contributed by atoms with E-state index in [1.807, 2.05) is 58.7 Å². The van der Waals surface area contributed by atoms with E-state index in [4.69, 9.17) is 9.26 Å². The van der Waals surface area contributed by atoms with Crippen LogP contribution in [0.2, 0.25) is 0 Å². The predicted octanol–water partition coefficient (Wildman–Crippen LogP) is 3.80. The Morgan fingerprint density at radius 2 is 2.11 bits per heavy atom. The monoisotopic (exact) mass is 392 g/mol. The molecule has 0 N–H and O–H groups in total. The van der Waals surface area contributed by atoms with Crippen molar-refractivity contribution >= 4 is 23.4 Å². The van der Waals surface area contributed by atoms with Crippen molar-refractivity contribution in [3.63, 3.8) is 0 Å². The first-order valence-corrected chi connectivity index (χ1v) is 9.42. The fourth-order valence-electron chi connectivity index (χ4n) is 2.49. The standard InChI is InChI=1S/C20H16N4O3S/c25-19(26-14-18-22-20(23-27-18)17-7-4-10-28-17)9-8-16-11-21-24(13-16)12-15-5-2-1-3-6-15/h1-11,13H,12,14H2/b9-8+. The lowest BCUT2D eigenvalue weighted by Gasteiger charge is -2.00. The van der Waals surface area contributed by atoms with Gasteiger partial charge in [-0.1, -0.05) is 41.6 Å². The molecule has 28 heavy (non-hydrogen) atoms. The molecule has 0 aliphatic rings. The average molecular weight is 392 g/mol. The van der Waals surface area contributed by atoms with Crippen molar-refractivity contribution in [1.29, 1.82) is 0 Å². The van der Waals surface area contributed by atoms with Crippen molar-refractivity contribution in [3.05, 3.63) is 83.3 Å². The summed E-state index contributed by atoms with van der Waals surface area (Å²) in [6, 6.07) is 13.8. The van der Waals surface area contributed by atoms with Gasteiger partial charge < -0.3 is 9.26 Å². The molecule has 0 radical (unpaired) electrons. The SMILES string of the molecule is O=C(/C=C/c1cnn(Cc2ccccc2)c1)OCc1nc(-c2cccs2)no1. The lowest BCUT2D eigenvalue weighted by atomic mass is 10.2. The van der Waals surface area contributed by atoms with Crippen molar-refractivity contribution in [1.82, 2.24) is 19.9 Å². The Morgan fingerprint density at radius 3 is 2.93 bits per heavy atom. The molecular weight excluding hydrogens is 376 g/mol. The Bertz CT molecular complexity index is 1070. The van der Waals surface area contributed by atoms with Crippen molar-refractivity contribution in [2.24, 2.45) is 0 Å². The smallest absolute Gasteiger partial charge is 0.331 e. The largest absolute Gasteiger partial charge is 0.452 e. The first-order chi connectivity index (χ1) is 13.8. The average Bonchev–Trinajstić information content (AvgIpc) is 3.47. The molecule has 0 aliphatic carbocycles. The minimum Gasteiger partial charge on any atom is -0.452 e. The molecule has 8 heteroatoms. The minimum atomic E-state index is -0.494. The Labute approximate surface area is 164 Å². The normalized spacial score (nSPS) is 11.1. The van der Waals surface area contributed by atoms with E-state index in [2.05, 4.69) is 15.2 Å². The third-order valence-electron chi connectivity index (χ3n) is 3.80. The third kappa shape index (κ3) is 4.60. The molecular formula is C20H16N4O3S. The second-order valence-corrected chi connectivity index (χ2v) is 6.83. The van der Waals surface area contributed by atoms with Crippen LogP contribution in [0, 0.1) is 0 Å². The van der Waals surface area contributed by atoms with Gasteiger partial charge in [-0.2, -0.15) is 10.1 Å². The van der Waals surface area contributed by atoms with Gasteiger partial charge in [-0.15, -0.1) is 11.3 Å². The molecule has 7 nitrogen and oxygen atoms in total. The van der Waals surface area contributed by atoms with Crippen LogP contribution in [-0.2, 0) is 22.7 Å². The highest BCUT2D eigenvalue weighted by atomic mass is 32.1. The van der Waals surface area contributed by atoms with Gasteiger partial charge >= 0.3 is 5.97 Å². The van der Waals surface area contributed by atoms with Crippen LogP contribution in [0.5, 0.6) is 0 Å². The molecule has 0 fully saturated rings. The van der Waals surface area contributed by atoms with Crippen LogP contribution in [-0.4, -0.2) is 25.9 Å². The summed E-state index contributed by atoms with van der Waals surface area (Å²) in [6.07, 6.45) is 6.56. The van der Waals surface area contributed by atoms with Gasteiger partial charge in [-0.05, 0) is 23.1 Å². The van der Waals surface area contributed by atoms with Crippen LogP contribution < -0.4 is 0 Å². The van der Waals surface area contributed by atoms with E-state index in [-0.39, 0.29) is 12.5 Å². The number of hydrogen-bond acceptors (Lipinski definition) is 7. The zero-order valence-electron chi connectivity index (χ0n) is 14.8. The fourth-order valence-corrected chi connectivity index (χ4v) is 3.14. The number of esters is 1. The predicted molar refractivity (Wildman–Crippen MR) is 104 cm³/mol. The molecule has 0 aliphatic heterocycles. The quantitative estimate of drug-likeness (QED) is 0.351. The van der Waals surface area contributed by atoms with E-state index in [1.165, 1.54) is 17.4 Å². The number of benzene rings is 1. The Hall–Kier alpha value is -3.52. The van der Waals surface area contributed by atoms with Crippen molar-refractivity contribution < 1.29 is 14.1 Å². The van der Waals surface area contributed by atoms with E-state index >= 15 is 0 Å². The zero-order chi connectivity index (χ0) is 19.2. The third-order valence-corrected chi connectivity index (χ3v) is 4.67. The van der Waals surface area contributed by atoms with Gasteiger partial charge in [-0.3, -0.25) is 4.68 Å². The summed E-state index contributed by atoms with van der Waals surface area (Å²) < 4.78 is 12.0. The molecule has 0 bridgehead atoms. The molecule has 0 atom stereocenters. The summed E-state index contributed by atoms with van der Waals surface area (Å²) >= 11 is 1.51. The number of nitrogens with zero attached hydrogens (tertiary/aromatic N) is 4. The van der Waals surface area contributed by atoms with Crippen molar-refractivity contribution in [2.45, 2.75) is 13.2 Å². The van der Waals surface area contributed by atoms with Gasteiger partial charge in [0.1, 0.15) is 0 Å². The molecule has 140 valence electrons. The zero-order valence-corrected chi connectivity index (χ0v) is 15.6. The second-order valence-electron chi connectivity index (χ2n) is 5.89. The summed E-state index contributed by atoms with van der Waals surface area (Å²) in [4.78, 5) is 17.0. The number of thiophene rings is 1. The molecule has 4 rings (SSSR count). The Morgan fingerprint density at radius 1 is 1.21 bits per heavy atom. The summed E-state index contributed by atoms with van der Waals surface area (Å²) in [5.74, 6) is 0.245. The minimum absolute atomic E-state index is 0.0746. The lowest BCUT2D eigenvalue weighted by molar-refractivity contribution is -0.139. The van der Waals surface area contributed by atoms with Gasteiger partial charge in [0, 0.05) is 17.8 Å². The van der Waals surface area contributed by atoms with E-state index < -0.39 is 5.97 Å². The number of aromatic nitrogens is 4. The summed E-state index contributed by atoms with van der Waals surface area (Å²) in [5.41, 5.74) is 1.97. The maximum absolute atomic E-state index is 11.9. The second kappa shape index (κ2) is 8.45. The summed E-state index contributed by atoms with van der Waals surface area (Å²) in [6.45, 7) is 0.595. The van der Waals surface area contributed by atoms with Crippen molar-refractivity contribution in [3.8, 4) is 10.7 Å². The molecule has 3 aromatic heterocycles. The van der Waals surface area contributed by atoms with Crippen LogP contribution >= 0.6 is 11.3 Å². The van der Waals surface area contributed by atoms with Gasteiger partial charge in [0.25, 0.3) is 5.89 Å². The van der Waals surface area contributed by atoms with E-state index in [0.29, 0.717) is 12.4 Å². The maximum Gasteiger partial charge on any atom is 0.331 e. The highest BCUT2D eigenvalue weighted by Crippen LogP contribution is 2.21. The van der Waals surface area contributed by atoms with E-state index in [0.717, 1.165) is 16.0 Å². The number of hydrogen-bond donors (Lipinski definition) is 0. The Balaban J connectivity index is 1.28. The van der Waals surface area contributed by atoms with Gasteiger partial charge in [0.2, 0.25) is 5.82 Å². The number of carbonyl (C=O) groups is 1. The molecule has 0 saturated heterocycles. The first kappa shape index (κ1) is 17.9. The first-order valence-electron chi connectivity index (χ1n) is 8.54. The van der Waals surface area contributed by atoms with Crippen molar-refractivity contribution in [2.75, 3.05) is 0 Å². The Kier molecular flexibility index (Phi) is 5.39. The molecule has 3 heterocycles. The molecule has 1 aromatic carbocycles. The van der Waals surface area contributed by atoms with Crippen LogP contribution in [0.3, 0.4) is 0 Å². The van der Waals surface area contributed by atoms with Crippen LogP contribution in [0.15, 0.2) is 70.8 Å². The van der Waals surface area contributed by atoms with Crippen LogP contribution in [0.1, 0.15) is 17.0 Å². The topological polar surface area (TPSA) is 83.0 Å². The van der Waals surface area contributed by atoms with Gasteiger partial charge in [-0.25, -0.2) is 4.79 Å². The number of rotatable bonds is 7. The molecule has 0 unspecified atom stereocenters. The van der Waals surface area contributed by atoms with E-state index in [9.17, 15) is 4.79 Å². The summed E-state index contributed by atoms with van der Waals surface area (Å²) in [5, 5.41) is 10.1. The molecule has 0 amide bonds. The van der Waals surface area contributed by atoms with Gasteiger partial charge in [0.05, 0.1) is 17.6 Å². The molecule has 4 aromatic rings. The summed E-state index contributed by atoms with van der Waals surface area (Å²) in [7, 11) is 0. The number of ether oxygens (including phenoxy) is 1. The lowest BCUT2D eigenvalue weighted by Crippen LogP contribution is -2.01. The number of carbonyl (C=O) groups excluding carboxylic acids is 1. The fraction of sp³-hybridized carbons (Fsp3) is 0.100.